The molecule has 0 saturated heterocycles. The van der Waals surface area contributed by atoms with Crippen LogP contribution in [0, 0.1) is 0 Å². The number of nitrogens with two attached hydrogens (primary N) is 1. The molecule has 0 bridgehead atoms. The molecule has 1 aromatic heterocycles. The number of hydrogen-bond donors (Lipinski definition) is 2. The molecule has 138 valence electrons. The Hall–Kier alpha value is -3.09. The van der Waals surface area contributed by atoms with Crippen LogP contribution in [0.5, 0.6) is 11.5 Å². The summed E-state index contributed by atoms with van der Waals surface area (Å²) in [6.07, 6.45) is 1.98. The smallest absolute Gasteiger partial charge is 0.267 e. The van der Waals surface area contributed by atoms with Crippen molar-refractivity contribution in [2.24, 2.45) is 5.73 Å². The summed E-state index contributed by atoms with van der Waals surface area (Å²) in [5, 5.41) is 2.82. The molecule has 3 N–H and O–H groups in total. The Morgan fingerprint density at radius 2 is 1.81 bits per heavy atom. The van der Waals surface area contributed by atoms with Gasteiger partial charge in [0.15, 0.2) is 11.5 Å². The van der Waals surface area contributed by atoms with Crippen molar-refractivity contribution in [1.29, 1.82) is 0 Å². The number of amides is 2. The van der Waals surface area contributed by atoms with E-state index in [-0.39, 0.29) is 11.6 Å². The van der Waals surface area contributed by atoms with Crippen molar-refractivity contribution < 1.29 is 19.1 Å². The Labute approximate surface area is 152 Å². The SMILES string of the molecule is CCOc1ccc(CCNC(=O)c2ccc(C(N)=O)nc2)cc1OCC. The number of benzene rings is 1. The first-order valence-corrected chi connectivity index (χ1v) is 8.47. The summed E-state index contributed by atoms with van der Waals surface area (Å²) in [6.45, 7) is 5.41. The molecule has 0 saturated carbocycles. The maximum atomic E-state index is 12.1. The van der Waals surface area contributed by atoms with E-state index in [0.29, 0.717) is 43.2 Å². The van der Waals surface area contributed by atoms with Crippen LogP contribution in [0.15, 0.2) is 36.5 Å². The van der Waals surface area contributed by atoms with Crippen LogP contribution in [0.1, 0.15) is 40.3 Å². The molecule has 0 fully saturated rings. The quantitative estimate of drug-likeness (QED) is 0.714. The van der Waals surface area contributed by atoms with Crippen LogP contribution in [0.25, 0.3) is 0 Å². The minimum Gasteiger partial charge on any atom is -0.490 e. The number of primary amides is 1. The van der Waals surface area contributed by atoms with Gasteiger partial charge in [-0.05, 0) is 50.1 Å². The molecular weight excluding hydrogens is 334 g/mol. The van der Waals surface area contributed by atoms with Gasteiger partial charge in [-0.2, -0.15) is 0 Å². The normalized spacial score (nSPS) is 10.2. The number of pyridine rings is 1. The molecule has 0 unspecified atom stereocenters. The molecule has 0 spiro atoms. The Morgan fingerprint density at radius 1 is 1.08 bits per heavy atom. The average Bonchev–Trinajstić information content (AvgIpc) is 2.64. The Bertz CT molecular complexity index is 760. The number of carbonyl (C=O) groups is 2. The molecule has 7 nitrogen and oxygen atoms in total. The van der Waals surface area contributed by atoms with Crippen molar-refractivity contribution in [2.45, 2.75) is 20.3 Å². The number of hydrogen-bond acceptors (Lipinski definition) is 5. The second kappa shape index (κ2) is 9.41. The van der Waals surface area contributed by atoms with Crippen molar-refractivity contribution in [3.05, 3.63) is 53.3 Å². The molecule has 0 aliphatic carbocycles. The van der Waals surface area contributed by atoms with Gasteiger partial charge in [0, 0.05) is 12.7 Å². The van der Waals surface area contributed by atoms with Gasteiger partial charge in [-0.15, -0.1) is 0 Å². The molecule has 2 amide bonds. The second-order valence-electron chi connectivity index (χ2n) is 5.45. The largest absolute Gasteiger partial charge is 0.490 e. The Balaban J connectivity index is 1.93. The molecule has 1 heterocycles. The molecule has 7 heteroatoms. The van der Waals surface area contributed by atoms with Crippen LogP contribution in [-0.4, -0.2) is 36.6 Å². The summed E-state index contributed by atoms with van der Waals surface area (Å²) in [5.41, 5.74) is 6.65. The summed E-state index contributed by atoms with van der Waals surface area (Å²) in [7, 11) is 0. The van der Waals surface area contributed by atoms with Crippen LogP contribution >= 0.6 is 0 Å². The number of ether oxygens (including phenoxy) is 2. The maximum Gasteiger partial charge on any atom is 0.267 e. The third-order valence-corrected chi connectivity index (χ3v) is 3.59. The summed E-state index contributed by atoms with van der Waals surface area (Å²) in [5.74, 6) is 0.522. The molecule has 2 aromatic rings. The fraction of sp³-hybridized carbons (Fsp3) is 0.316. The van der Waals surface area contributed by atoms with Crippen molar-refractivity contribution in [2.75, 3.05) is 19.8 Å². The van der Waals surface area contributed by atoms with E-state index in [9.17, 15) is 9.59 Å². The standard InChI is InChI=1S/C19H23N3O4/c1-3-25-16-8-5-13(11-17(16)26-4-2)9-10-21-19(24)14-6-7-15(18(20)23)22-12-14/h5-8,11-12H,3-4,9-10H2,1-2H3,(H2,20,23)(H,21,24). The van der Waals surface area contributed by atoms with E-state index < -0.39 is 5.91 Å². The zero-order valence-electron chi connectivity index (χ0n) is 15.0. The van der Waals surface area contributed by atoms with E-state index in [1.165, 1.54) is 18.3 Å². The fourth-order valence-electron chi connectivity index (χ4n) is 2.35. The fourth-order valence-corrected chi connectivity index (χ4v) is 2.35. The number of carbonyl (C=O) groups excluding carboxylic acids is 2. The lowest BCUT2D eigenvalue weighted by atomic mass is 10.1. The first kappa shape index (κ1) is 19.2. The number of rotatable bonds is 9. The summed E-state index contributed by atoms with van der Waals surface area (Å²) in [6, 6.07) is 8.69. The van der Waals surface area contributed by atoms with Gasteiger partial charge in [0.2, 0.25) is 0 Å². The van der Waals surface area contributed by atoms with E-state index in [0.717, 1.165) is 5.56 Å². The van der Waals surface area contributed by atoms with Crippen molar-refractivity contribution >= 4 is 11.8 Å². The summed E-state index contributed by atoms with van der Waals surface area (Å²) < 4.78 is 11.1. The zero-order valence-corrected chi connectivity index (χ0v) is 15.0. The second-order valence-corrected chi connectivity index (χ2v) is 5.45. The van der Waals surface area contributed by atoms with Gasteiger partial charge in [-0.3, -0.25) is 14.6 Å². The Morgan fingerprint density at radius 3 is 2.42 bits per heavy atom. The number of aromatic nitrogens is 1. The van der Waals surface area contributed by atoms with Crippen LogP contribution < -0.4 is 20.5 Å². The lowest BCUT2D eigenvalue weighted by molar-refractivity contribution is 0.0950. The molecule has 26 heavy (non-hydrogen) atoms. The number of nitrogens with one attached hydrogen (secondary N) is 1. The van der Waals surface area contributed by atoms with Crippen LogP contribution in [0.4, 0.5) is 0 Å². The van der Waals surface area contributed by atoms with Crippen LogP contribution in [-0.2, 0) is 6.42 Å². The van der Waals surface area contributed by atoms with Gasteiger partial charge < -0.3 is 20.5 Å². The molecule has 0 atom stereocenters. The first-order chi connectivity index (χ1) is 12.5. The van der Waals surface area contributed by atoms with E-state index >= 15 is 0 Å². The van der Waals surface area contributed by atoms with Gasteiger partial charge in [0.05, 0.1) is 18.8 Å². The topological polar surface area (TPSA) is 104 Å². The van der Waals surface area contributed by atoms with Crippen LogP contribution in [0.2, 0.25) is 0 Å². The van der Waals surface area contributed by atoms with Crippen molar-refractivity contribution in [3.8, 4) is 11.5 Å². The predicted octanol–water partition coefficient (Wildman–Crippen LogP) is 1.95. The van der Waals surface area contributed by atoms with E-state index in [4.69, 9.17) is 15.2 Å². The highest BCUT2D eigenvalue weighted by atomic mass is 16.5. The van der Waals surface area contributed by atoms with Gasteiger partial charge in [0.1, 0.15) is 5.69 Å². The van der Waals surface area contributed by atoms with Crippen molar-refractivity contribution in [1.82, 2.24) is 10.3 Å². The van der Waals surface area contributed by atoms with Gasteiger partial charge in [-0.25, -0.2) is 0 Å². The van der Waals surface area contributed by atoms with E-state index in [1.807, 2.05) is 32.0 Å². The van der Waals surface area contributed by atoms with Gasteiger partial charge in [0.25, 0.3) is 11.8 Å². The highest BCUT2D eigenvalue weighted by Crippen LogP contribution is 2.28. The van der Waals surface area contributed by atoms with E-state index in [1.54, 1.807) is 0 Å². The highest BCUT2D eigenvalue weighted by molar-refractivity contribution is 5.95. The third-order valence-electron chi connectivity index (χ3n) is 3.59. The lowest BCUT2D eigenvalue weighted by Gasteiger charge is -2.12. The average molecular weight is 357 g/mol. The third kappa shape index (κ3) is 5.20. The minimum absolute atomic E-state index is 0.124. The first-order valence-electron chi connectivity index (χ1n) is 8.47. The molecule has 0 radical (unpaired) electrons. The lowest BCUT2D eigenvalue weighted by Crippen LogP contribution is -2.26. The number of nitrogens with zero attached hydrogens (tertiary/aromatic N) is 1. The summed E-state index contributed by atoms with van der Waals surface area (Å²) >= 11 is 0. The van der Waals surface area contributed by atoms with Gasteiger partial charge >= 0.3 is 0 Å². The van der Waals surface area contributed by atoms with E-state index in [2.05, 4.69) is 10.3 Å². The zero-order chi connectivity index (χ0) is 18.9. The maximum absolute atomic E-state index is 12.1. The predicted molar refractivity (Wildman–Crippen MR) is 97.6 cm³/mol. The Kier molecular flexibility index (Phi) is 6.96. The molecule has 2 rings (SSSR count). The minimum atomic E-state index is -0.627. The van der Waals surface area contributed by atoms with Gasteiger partial charge in [-0.1, -0.05) is 6.07 Å². The monoisotopic (exact) mass is 357 g/mol. The summed E-state index contributed by atoms with van der Waals surface area (Å²) in [4.78, 5) is 27.0. The highest BCUT2D eigenvalue weighted by Gasteiger charge is 2.09. The molecule has 0 aliphatic heterocycles. The molecule has 1 aromatic carbocycles. The van der Waals surface area contributed by atoms with Crippen molar-refractivity contribution in [3.63, 3.8) is 0 Å². The van der Waals surface area contributed by atoms with Crippen LogP contribution in [0.3, 0.4) is 0 Å². The molecule has 0 aliphatic rings. The molecular formula is C19H23N3O4.